The molecule has 1 fully saturated rings. The molecule has 5 heteroatoms. The van der Waals surface area contributed by atoms with E-state index in [2.05, 4.69) is 5.32 Å². The van der Waals surface area contributed by atoms with E-state index in [1.165, 1.54) is 6.07 Å². The van der Waals surface area contributed by atoms with Crippen LogP contribution in [0.3, 0.4) is 0 Å². The number of hydrogen-bond donors (Lipinski definition) is 1. The Morgan fingerprint density at radius 3 is 2.30 bits per heavy atom. The van der Waals surface area contributed by atoms with E-state index in [9.17, 15) is 13.6 Å². The predicted octanol–water partition coefficient (Wildman–Crippen LogP) is 3.10. The quantitative estimate of drug-likeness (QED) is 0.863. The first kappa shape index (κ1) is 14.9. The zero-order valence-corrected chi connectivity index (χ0v) is 11.9. The van der Waals surface area contributed by atoms with Gasteiger partial charge in [0.1, 0.15) is 23.3 Å². The Balaban J connectivity index is 2.29. The van der Waals surface area contributed by atoms with Crippen LogP contribution in [0.15, 0.2) is 18.2 Å². The van der Waals surface area contributed by atoms with Crippen LogP contribution in [0.25, 0.3) is 0 Å². The topological polar surface area (TPSA) is 38.3 Å². The van der Waals surface area contributed by atoms with Crippen molar-refractivity contribution in [2.45, 2.75) is 51.3 Å². The van der Waals surface area contributed by atoms with Gasteiger partial charge in [-0.15, -0.1) is 0 Å². The van der Waals surface area contributed by atoms with Gasteiger partial charge in [-0.2, -0.15) is 0 Å². The molecule has 110 valence electrons. The van der Waals surface area contributed by atoms with Crippen LogP contribution in [0.5, 0.6) is 0 Å². The fourth-order valence-electron chi connectivity index (χ4n) is 1.90. The van der Waals surface area contributed by atoms with E-state index in [4.69, 9.17) is 4.74 Å². The lowest BCUT2D eigenvalue weighted by molar-refractivity contribution is -0.158. The van der Waals surface area contributed by atoms with Crippen molar-refractivity contribution in [3.63, 3.8) is 0 Å². The van der Waals surface area contributed by atoms with Crippen molar-refractivity contribution in [3.8, 4) is 0 Å². The average Bonchev–Trinajstić information content (AvgIpc) is 3.08. The van der Waals surface area contributed by atoms with Gasteiger partial charge in [-0.3, -0.25) is 5.32 Å². The number of rotatable bonds is 4. The standard InChI is InChI=1S/C15H19F2NO2/c1-15(2,3)20-14(19)13(18-9-7-8-9)12-10(16)5-4-6-11(12)17/h4-6,9,13,18H,7-8H2,1-3H3. The summed E-state index contributed by atoms with van der Waals surface area (Å²) in [5, 5.41) is 2.96. The van der Waals surface area contributed by atoms with Gasteiger partial charge < -0.3 is 4.74 Å². The number of nitrogens with one attached hydrogen (secondary N) is 1. The van der Waals surface area contributed by atoms with E-state index in [0.717, 1.165) is 25.0 Å². The van der Waals surface area contributed by atoms with Gasteiger partial charge >= 0.3 is 5.97 Å². The average molecular weight is 283 g/mol. The van der Waals surface area contributed by atoms with Gasteiger partial charge in [0.25, 0.3) is 0 Å². The van der Waals surface area contributed by atoms with Crippen molar-refractivity contribution in [1.29, 1.82) is 0 Å². The lowest BCUT2D eigenvalue weighted by Crippen LogP contribution is -2.37. The molecule has 1 N–H and O–H groups in total. The maximum Gasteiger partial charge on any atom is 0.328 e. The second-order valence-corrected chi connectivity index (χ2v) is 6.04. The summed E-state index contributed by atoms with van der Waals surface area (Å²) in [7, 11) is 0. The van der Waals surface area contributed by atoms with Crippen molar-refractivity contribution in [2.24, 2.45) is 0 Å². The van der Waals surface area contributed by atoms with Gasteiger partial charge in [0.15, 0.2) is 0 Å². The van der Waals surface area contributed by atoms with Gasteiger partial charge in [-0.05, 0) is 45.7 Å². The molecule has 0 bridgehead atoms. The minimum atomic E-state index is -1.11. The van der Waals surface area contributed by atoms with E-state index >= 15 is 0 Å². The van der Waals surface area contributed by atoms with Crippen LogP contribution in [0, 0.1) is 11.6 Å². The van der Waals surface area contributed by atoms with Gasteiger partial charge in [0.05, 0.1) is 5.56 Å². The number of halogens is 2. The second kappa shape index (κ2) is 5.48. The minimum absolute atomic E-state index is 0.117. The van der Waals surface area contributed by atoms with E-state index in [1.54, 1.807) is 20.8 Å². The highest BCUT2D eigenvalue weighted by Gasteiger charge is 2.35. The number of esters is 1. The van der Waals surface area contributed by atoms with E-state index < -0.39 is 29.2 Å². The number of hydrogen-bond acceptors (Lipinski definition) is 3. The summed E-state index contributed by atoms with van der Waals surface area (Å²) in [4.78, 5) is 12.2. The maximum absolute atomic E-state index is 13.9. The normalized spacial score (nSPS) is 16.9. The Kier molecular flexibility index (Phi) is 4.09. The molecule has 0 spiro atoms. The van der Waals surface area contributed by atoms with Gasteiger partial charge in [0.2, 0.25) is 0 Å². The molecular formula is C15H19F2NO2. The summed E-state index contributed by atoms with van der Waals surface area (Å²) < 4.78 is 33.0. The lowest BCUT2D eigenvalue weighted by atomic mass is 10.0. The molecule has 1 aliphatic carbocycles. The summed E-state index contributed by atoms with van der Waals surface area (Å²) in [6.07, 6.45) is 1.80. The molecule has 0 saturated heterocycles. The fourth-order valence-corrected chi connectivity index (χ4v) is 1.90. The van der Waals surface area contributed by atoms with Gasteiger partial charge in [0, 0.05) is 6.04 Å². The highest BCUT2D eigenvalue weighted by atomic mass is 19.1. The predicted molar refractivity (Wildman–Crippen MR) is 71.1 cm³/mol. The molecule has 1 unspecified atom stereocenters. The van der Waals surface area contributed by atoms with Crippen molar-refractivity contribution in [1.82, 2.24) is 5.32 Å². The molecule has 0 aliphatic heterocycles. The summed E-state index contributed by atoms with van der Waals surface area (Å²) in [5.41, 5.74) is -0.976. The monoisotopic (exact) mass is 283 g/mol. The van der Waals surface area contributed by atoms with Crippen LogP contribution in [-0.4, -0.2) is 17.6 Å². The molecular weight excluding hydrogens is 264 g/mol. The molecule has 0 radical (unpaired) electrons. The maximum atomic E-state index is 13.9. The molecule has 0 amide bonds. The number of benzene rings is 1. The van der Waals surface area contributed by atoms with Crippen molar-refractivity contribution >= 4 is 5.97 Å². The Labute approximate surface area is 117 Å². The Hall–Kier alpha value is -1.49. The molecule has 1 aliphatic rings. The summed E-state index contributed by atoms with van der Waals surface area (Å²) in [6, 6.07) is 2.57. The zero-order chi connectivity index (χ0) is 14.9. The van der Waals surface area contributed by atoms with Crippen LogP contribution in [0.4, 0.5) is 8.78 Å². The Morgan fingerprint density at radius 2 is 1.85 bits per heavy atom. The third-order valence-electron chi connectivity index (χ3n) is 2.91. The summed E-state index contributed by atoms with van der Waals surface area (Å²) >= 11 is 0. The number of carbonyl (C=O) groups is 1. The van der Waals surface area contributed by atoms with E-state index in [-0.39, 0.29) is 11.6 Å². The van der Waals surface area contributed by atoms with Gasteiger partial charge in [-0.1, -0.05) is 6.07 Å². The van der Waals surface area contributed by atoms with Crippen molar-refractivity contribution < 1.29 is 18.3 Å². The molecule has 1 atom stereocenters. The van der Waals surface area contributed by atoms with Crippen LogP contribution in [0.2, 0.25) is 0 Å². The molecule has 1 aromatic rings. The van der Waals surface area contributed by atoms with E-state index in [1.807, 2.05) is 0 Å². The third kappa shape index (κ3) is 3.76. The molecule has 1 saturated carbocycles. The number of ether oxygens (including phenoxy) is 1. The third-order valence-corrected chi connectivity index (χ3v) is 2.91. The smallest absolute Gasteiger partial charge is 0.328 e. The largest absolute Gasteiger partial charge is 0.459 e. The zero-order valence-electron chi connectivity index (χ0n) is 11.9. The molecule has 3 nitrogen and oxygen atoms in total. The number of carbonyl (C=O) groups excluding carboxylic acids is 1. The molecule has 1 aromatic carbocycles. The fraction of sp³-hybridized carbons (Fsp3) is 0.533. The second-order valence-electron chi connectivity index (χ2n) is 6.04. The Morgan fingerprint density at radius 1 is 1.30 bits per heavy atom. The summed E-state index contributed by atoms with van der Waals surface area (Å²) in [6.45, 7) is 5.16. The first-order chi connectivity index (χ1) is 9.28. The molecule has 0 heterocycles. The van der Waals surface area contributed by atoms with Crippen molar-refractivity contribution in [2.75, 3.05) is 0 Å². The highest BCUT2D eigenvalue weighted by Crippen LogP contribution is 2.29. The van der Waals surface area contributed by atoms with Crippen LogP contribution < -0.4 is 5.32 Å². The van der Waals surface area contributed by atoms with Gasteiger partial charge in [-0.25, -0.2) is 13.6 Å². The lowest BCUT2D eigenvalue weighted by Gasteiger charge is -2.25. The van der Waals surface area contributed by atoms with Crippen LogP contribution in [-0.2, 0) is 9.53 Å². The summed E-state index contributed by atoms with van der Waals surface area (Å²) in [5.74, 6) is -2.14. The first-order valence-corrected chi connectivity index (χ1v) is 6.71. The Bertz CT molecular complexity index is 487. The van der Waals surface area contributed by atoms with Crippen LogP contribution >= 0.6 is 0 Å². The SMILES string of the molecule is CC(C)(C)OC(=O)C(NC1CC1)c1c(F)cccc1F. The van der Waals surface area contributed by atoms with E-state index in [0.29, 0.717) is 0 Å². The first-order valence-electron chi connectivity index (χ1n) is 6.71. The van der Waals surface area contributed by atoms with Crippen LogP contribution in [0.1, 0.15) is 45.2 Å². The molecule has 0 aromatic heterocycles. The molecule has 2 rings (SSSR count). The molecule has 20 heavy (non-hydrogen) atoms. The van der Waals surface area contributed by atoms with Crippen molar-refractivity contribution in [3.05, 3.63) is 35.4 Å². The highest BCUT2D eigenvalue weighted by molar-refractivity contribution is 5.78. The minimum Gasteiger partial charge on any atom is -0.459 e.